The molecule has 0 N–H and O–H groups in total. The van der Waals surface area contributed by atoms with Crippen molar-refractivity contribution < 1.29 is 9.31 Å². The zero-order valence-corrected chi connectivity index (χ0v) is 20.8. The highest BCUT2D eigenvalue weighted by atomic mass is 32.1. The maximum Gasteiger partial charge on any atom is 0.505 e. The average molecular weight is 445 g/mol. The third-order valence-electron chi connectivity index (χ3n) is 6.35. The lowest BCUT2D eigenvalue weighted by Crippen LogP contribution is -2.41. The zero-order chi connectivity index (χ0) is 21.6. The molecule has 0 bridgehead atoms. The van der Waals surface area contributed by atoms with Crippen LogP contribution < -0.4 is 4.78 Å². The monoisotopic (exact) mass is 444 g/mol. The van der Waals surface area contributed by atoms with Crippen LogP contribution in [0.1, 0.15) is 83.9 Å². The van der Waals surface area contributed by atoms with Crippen molar-refractivity contribution >= 4 is 34.6 Å². The van der Waals surface area contributed by atoms with Crippen LogP contribution in [0.3, 0.4) is 0 Å². The van der Waals surface area contributed by atoms with Crippen molar-refractivity contribution in [2.75, 3.05) is 0 Å². The number of hydrogen-bond donors (Lipinski definition) is 0. The number of allylic oxidation sites excluding steroid dienone is 1. The Bertz CT molecular complexity index is 790. The minimum Gasteiger partial charge on any atom is -0.399 e. The first-order valence-electron chi connectivity index (χ1n) is 11.5. The Morgan fingerprint density at radius 3 is 2.03 bits per heavy atom. The van der Waals surface area contributed by atoms with E-state index in [-0.39, 0.29) is 18.3 Å². The van der Waals surface area contributed by atoms with Crippen molar-refractivity contribution in [3.63, 3.8) is 0 Å². The van der Waals surface area contributed by atoms with Crippen LogP contribution in [-0.4, -0.2) is 18.3 Å². The highest BCUT2D eigenvalue weighted by Crippen LogP contribution is 2.38. The van der Waals surface area contributed by atoms with E-state index in [4.69, 9.17) is 9.31 Å². The second-order valence-corrected chi connectivity index (χ2v) is 11.6. The zero-order valence-electron chi connectivity index (χ0n) is 19.2. The summed E-state index contributed by atoms with van der Waals surface area (Å²) in [6.07, 6.45) is 13.8. The van der Waals surface area contributed by atoms with E-state index < -0.39 is 0 Å². The van der Waals surface area contributed by atoms with Gasteiger partial charge in [0.1, 0.15) is 0 Å². The van der Waals surface area contributed by atoms with Crippen LogP contribution in [0.15, 0.2) is 36.9 Å². The number of rotatable bonds is 12. The maximum absolute atomic E-state index is 6.20. The van der Waals surface area contributed by atoms with Crippen LogP contribution in [0.25, 0.3) is 9.75 Å². The fourth-order valence-electron chi connectivity index (χ4n) is 3.69. The maximum atomic E-state index is 6.20. The lowest BCUT2D eigenvalue weighted by Gasteiger charge is -2.32. The van der Waals surface area contributed by atoms with Crippen LogP contribution in [0.5, 0.6) is 0 Å². The Morgan fingerprint density at radius 1 is 0.800 bits per heavy atom. The first-order chi connectivity index (χ1) is 14.3. The Labute approximate surface area is 191 Å². The Balaban J connectivity index is 1.43. The van der Waals surface area contributed by atoms with Crippen LogP contribution in [0, 0.1) is 0 Å². The van der Waals surface area contributed by atoms with E-state index in [1.807, 2.05) is 17.4 Å². The SMILES string of the molecule is C=CCCCCCCCCCc1ccc(-c2ccc(B3OC(C)(C)C(C)(C)O3)s2)s1. The molecule has 164 valence electrons. The van der Waals surface area contributed by atoms with E-state index in [0.29, 0.717) is 0 Å². The fraction of sp³-hybridized carbons (Fsp3) is 0.600. The van der Waals surface area contributed by atoms with Gasteiger partial charge in [-0.2, -0.15) is 0 Å². The van der Waals surface area contributed by atoms with E-state index in [0.717, 1.165) is 4.78 Å². The largest absolute Gasteiger partial charge is 0.505 e. The van der Waals surface area contributed by atoms with Crippen LogP contribution in [-0.2, 0) is 15.7 Å². The molecule has 0 saturated carbocycles. The third kappa shape index (κ3) is 6.09. The smallest absolute Gasteiger partial charge is 0.399 e. The molecule has 5 heteroatoms. The van der Waals surface area contributed by atoms with E-state index in [1.54, 1.807) is 11.3 Å². The summed E-state index contributed by atoms with van der Waals surface area (Å²) in [6, 6.07) is 8.96. The highest BCUT2D eigenvalue weighted by molar-refractivity contribution is 7.28. The molecule has 0 amide bonds. The van der Waals surface area contributed by atoms with Gasteiger partial charge >= 0.3 is 7.12 Å². The summed E-state index contributed by atoms with van der Waals surface area (Å²) in [7, 11) is -0.259. The summed E-state index contributed by atoms with van der Waals surface area (Å²) >= 11 is 3.73. The number of unbranched alkanes of at least 4 members (excludes halogenated alkanes) is 7. The van der Waals surface area contributed by atoms with Gasteiger partial charge in [0.25, 0.3) is 0 Å². The van der Waals surface area contributed by atoms with E-state index in [9.17, 15) is 0 Å². The molecule has 2 aromatic heterocycles. The van der Waals surface area contributed by atoms with E-state index in [1.165, 1.54) is 72.4 Å². The molecule has 0 aromatic carbocycles. The highest BCUT2D eigenvalue weighted by Gasteiger charge is 2.52. The van der Waals surface area contributed by atoms with Gasteiger partial charge in [-0.1, -0.05) is 44.2 Å². The van der Waals surface area contributed by atoms with Crippen LogP contribution in [0.2, 0.25) is 0 Å². The second kappa shape index (κ2) is 10.6. The third-order valence-corrected chi connectivity index (χ3v) is 8.80. The number of aryl methyl sites for hydroxylation is 1. The van der Waals surface area contributed by atoms with Crippen molar-refractivity contribution in [1.29, 1.82) is 0 Å². The Hall–Kier alpha value is -0.875. The minimum atomic E-state index is -0.288. The lowest BCUT2D eigenvalue weighted by molar-refractivity contribution is 0.00578. The molecule has 1 aliphatic heterocycles. The predicted octanol–water partition coefficient (Wildman–Crippen LogP) is 7.63. The van der Waals surface area contributed by atoms with Gasteiger partial charge in [-0.25, -0.2) is 0 Å². The van der Waals surface area contributed by atoms with Crippen LogP contribution >= 0.6 is 22.7 Å². The molecular weight excluding hydrogens is 407 g/mol. The van der Waals surface area contributed by atoms with Gasteiger partial charge in [0.2, 0.25) is 0 Å². The first-order valence-corrected chi connectivity index (χ1v) is 13.1. The van der Waals surface area contributed by atoms with E-state index in [2.05, 4.69) is 58.5 Å². The number of thiophene rings is 2. The van der Waals surface area contributed by atoms with Crippen molar-refractivity contribution in [2.45, 2.75) is 96.7 Å². The fourth-order valence-corrected chi connectivity index (χ4v) is 5.79. The molecule has 3 heterocycles. The summed E-state index contributed by atoms with van der Waals surface area (Å²) < 4.78 is 13.6. The average Bonchev–Trinajstić information content (AvgIpc) is 3.39. The van der Waals surface area contributed by atoms with Crippen molar-refractivity contribution in [1.82, 2.24) is 0 Å². The summed E-state index contributed by atoms with van der Waals surface area (Å²) in [5, 5.41) is 0. The molecule has 1 fully saturated rings. The van der Waals surface area contributed by atoms with Crippen molar-refractivity contribution in [2.24, 2.45) is 0 Å². The van der Waals surface area contributed by atoms with Crippen LogP contribution in [0.4, 0.5) is 0 Å². The van der Waals surface area contributed by atoms with Gasteiger partial charge in [0.15, 0.2) is 0 Å². The normalized spacial score (nSPS) is 17.5. The molecule has 0 radical (unpaired) electrons. The standard InChI is InChI=1S/C25H37BO2S2/c1-6-7-8-9-10-11-12-13-14-15-20-16-17-21(29-20)22-18-19-23(30-22)26-27-24(2,3)25(4,5)28-26/h6,16-19H,1,7-15H2,2-5H3. The Kier molecular flexibility index (Phi) is 8.43. The summed E-state index contributed by atoms with van der Waals surface area (Å²) in [5.74, 6) is 0. The summed E-state index contributed by atoms with van der Waals surface area (Å²) in [4.78, 5) is 4.18. The topological polar surface area (TPSA) is 18.5 Å². The molecule has 0 unspecified atom stereocenters. The molecular formula is C25H37BO2S2. The molecule has 0 spiro atoms. The van der Waals surface area contributed by atoms with Gasteiger partial charge in [0, 0.05) is 19.4 Å². The van der Waals surface area contributed by atoms with Crippen molar-refractivity contribution in [3.8, 4) is 9.75 Å². The number of hydrogen-bond acceptors (Lipinski definition) is 4. The molecule has 2 aromatic rings. The van der Waals surface area contributed by atoms with Gasteiger partial charge in [-0.05, 0) is 71.6 Å². The molecule has 1 saturated heterocycles. The minimum absolute atomic E-state index is 0.259. The van der Waals surface area contributed by atoms with Gasteiger partial charge < -0.3 is 9.31 Å². The first kappa shape index (κ1) is 23.8. The van der Waals surface area contributed by atoms with E-state index >= 15 is 0 Å². The second-order valence-electron chi connectivity index (χ2n) is 9.36. The summed E-state index contributed by atoms with van der Waals surface area (Å²) in [6.45, 7) is 12.2. The van der Waals surface area contributed by atoms with Crippen molar-refractivity contribution in [3.05, 3.63) is 41.8 Å². The predicted molar refractivity (Wildman–Crippen MR) is 134 cm³/mol. The Morgan fingerprint density at radius 2 is 1.37 bits per heavy atom. The molecule has 1 aliphatic rings. The lowest BCUT2D eigenvalue weighted by atomic mass is 9.88. The van der Waals surface area contributed by atoms with Gasteiger partial charge in [0.05, 0.1) is 11.2 Å². The molecule has 0 aliphatic carbocycles. The van der Waals surface area contributed by atoms with Gasteiger partial charge in [-0.3, -0.25) is 0 Å². The molecule has 3 rings (SSSR count). The molecule has 2 nitrogen and oxygen atoms in total. The molecule has 30 heavy (non-hydrogen) atoms. The van der Waals surface area contributed by atoms with Gasteiger partial charge in [-0.15, -0.1) is 29.3 Å². The molecule has 0 atom stereocenters. The quantitative estimate of drug-likeness (QED) is 0.190. The summed E-state index contributed by atoms with van der Waals surface area (Å²) in [5.41, 5.74) is -0.576.